The Morgan fingerprint density at radius 1 is 1.17 bits per heavy atom. The molecule has 154 valence electrons. The maximum atomic E-state index is 12.4. The first kappa shape index (κ1) is 20.0. The lowest BCUT2D eigenvalue weighted by atomic mass is 10.1. The van der Waals surface area contributed by atoms with Crippen LogP contribution in [0.5, 0.6) is 0 Å². The molecule has 1 fully saturated rings. The van der Waals surface area contributed by atoms with Gasteiger partial charge >= 0.3 is 0 Å². The van der Waals surface area contributed by atoms with Gasteiger partial charge in [0.2, 0.25) is 5.91 Å². The summed E-state index contributed by atoms with van der Waals surface area (Å²) in [4.78, 5) is 12.4. The molecule has 1 N–H and O–H groups in total. The molecule has 7 heteroatoms. The summed E-state index contributed by atoms with van der Waals surface area (Å²) in [5.41, 5.74) is 2.28. The maximum Gasteiger partial charge on any atom is 0.230 e. The highest BCUT2D eigenvalue weighted by molar-refractivity contribution is 7.99. The monoisotopic (exact) mass is 411 g/mol. The van der Waals surface area contributed by atoms with Crippen LogP contribution in [0, 0.1) is 0 Å². The van der Waals surface area contributed by atoms with Crippen LogP contribution < -0.4 is 5.32 Å². The number of aryl methyl sites for hydroxylation is 1. The normalized spacial score (nSPS) is 15.5. The van der Waals surface area contributed by atoms with Gasteiger partial charge in [-0.2, -0.15) is 0 Å². The topological polar surface area (TPSA) is 64.7 Å². The van der Waals surface area contributed by atoms with E-state index in [2.05, 4.69) is 57.5 Å². The lowest BCUT2D eigenvalue weighted by molar-refractivity contribution is -0.119. The van der Waals surface area contributed by atoms with Crippen molar-refractivity contribution in [1.82, 2.24) is 24.6 Å². The molecule has 0 spiro atoms. The zero-order valence-electron chi connectivity index (χ0n) is 17.2. The van der Waals surface area contributed by atoms with Crippen molar-refractivity contribution in [2.45, 2.75) is 63.2 Å². The minimum Gasteiger partial charge on any atom is -0.353 e. The van der Waals surface area contributed by atoms with E-state index in [1.807, 2.05) is 11.6 Å². The summed E-state index contributed by atoms with van der Waals surface area (Å²) in [6.45, 7) is 3.04. The van der Waals surface area contributed by atoms with E-state index in [9.17, 15) is 4.79 Å². The fourth-order valence-corrected chi connectivity index (χ4v) is 4.91. The maximum absolute atomic E-state index is 12.4. The number of rotatable bonds is 6. The van der Waals surface area contributed by atoms with E-state index < -0.39 is 0 Å². The summed E-state index contributed by atoms with van der Waals surface area (Å²) >= 11 is 1.45. The number of nitrogens with one attached hydrogen (secondary N) is 1. The van der Waals surface area contributed by atoms with E-state index in [4.69, 9.17) is 0 Å². The molecular weight excluding hydrogens is 382 g/mol. The highest BCUT2D eigenvalue weighted by Crippen LogP contribution is 2.31. The van der Waals surface area contributed by atoms with Crippen molar-refractivity contribution >= 4 is 28.6 Å². The van der Waals surface area contributed by atoms with Gasteiger partial charge in [-0.15, -0.1) is 10.2 Å². The van der Waals surface area contributed by atoms with Crippen molar-refractivity contribution in [3.8, 4) is 11.4 Å². The Bertz CT molecular complexity index is 984. The van der Waals surface area contributed by atoms with Crippen molar-refractivity contribution < 1.29 is 4.79 Å². The van der Waals surface area contributed by atoms with E-state index in [0.29, 0.717) is 11.8 Å². The van der Waals surface area contributed by atoms with Crippen LogP contribution >= 0.6 is 11.8 Å². The molecule has 0 unspecified atom stereocenters. The second kappa shape index (κ2) is 9.03. The van der Waals surface area contributed by atoms with Gasteiger partial charge in [0.05, 0.1) is 5.75 Å². The Morgan fingerprint density at radius 2 is 1.93 bits per heavy atom. The van der Waals surface area contributed by atoms with Gasteiger partial charge in [0.25, 0.3) is 0 Å². The van der Waals surface area contributed by atoms with Gasteiger partial charge in [0.15, 0.2) is 11.0 Å². The fraction of sp³-hybridized carbons (Fsp3) is 0.500. The van der Waals surface area contributed by atoms with Crippen LogP contribution in [0.2, 0.25) is 0 Å². The van der Waals surface area contributed by atoms with E-state index in [1.54, 1.807) is 0 Å². The van der Waals surface area contributed by atoms with E-state index in [0.717, 1.165) is 35.9 Å². The first-order valence-corrected chi connectivity index (χ1v) is 11.6. The molecule has 0 saturated heterocycles. The number of fused-ring (bicyclic) bond motifs is 1. The Morgan fingerprint density at radius 3 is 2.69 bits per heavy atom. The van der Waals surface area contributed by atoms with Crippen LogP contribution in [0.15, 0.2) is 35.6 Å². The molecule has 1 aliphatic rings. The molecule has 0 aliphatic heterocycles. The Kier molecular flexibility index (Phi) is 6.23. The molecule has 2 heterocycles. The minimum absolute atomic E-state index is 0.0917. The highest BCUT2D eigenvalue weighted by atomic mass is 32.2. The Balaban J connectivity index is 1.46. The zero-order valence-corrected chi connectivity index (χ0v) is 18.0. The predicted octanol–water partition coefficient (Wildman–Crippen LogP) is 4.39. The SMILES string of the molecule is CCn1cc(-c2nnc(SCC(=O)NC3CCCCCC3)n2C)c2ccccc21. The average molecular weight is 412 g/mol. The number of nitrogens with zero attached hydrogens (tertiary/aromatic N) is 4. The van der Waals surface area contributed by atoms with Crippen molar-refractivity contribution in [2.75, 3.05) is 5.75 Å². The first-order chi connectivity index (χ1) is 14.2. The molecule has 29 heavy (non-hydrogen) atoms. The van der Waals surface area contributed by atoms with Crippen LogP contribution in [0.3, 0.4) is 0 Å². The van der Waals surface area contributed by atoms with E-state index in [-0.39, 0.29) is 5.91 Å². The number of carbonyl (C=O) groups excluding carboxylic acids is 1. The molecule has 1 saturated carbocycles. The molecule has 1 amide bonds. The molecule has 0 bridgehead atoms. The lowest BCUT2D eigenvalue weighted by Crippen LogP contribution is -2.35. The molecule has 6 nitrogen and oxygen atoms in total. The average Bonchev–Trinajstić information content (AvgIpc) is 3.17. The van der Waals surface area contributed by atoms with Crippen molar-refractivity contribution in [2.24, 2.45) is 7.05 Å². The van der Waals surface area contributed by atoms with Gasteiger partial charge in [-0.05, 0) is 25.8 Å². The number of thioether (sulfide) groups is 1. The summed E-state index contributed by atoms with van der Waals surface area (Å²) in [7, 11) is 1.97. The number of carbonyl (C=O) groups is 1. The van der Waals surface area contributed by atoms with Gasteiger partial charge in [-0.1, -0.05) is 55.6 Å². The van der Waals surface area contributed by atoms with Crippen molar-refractivity contribution in [3.05, 3.63) is 30.5 Å². The molecule has 2 aromatic heterocycles. The molecule has 4 rings (SSSR count). The summed E-state index contributed by atoms with van der Waals surface area (Å²) in [6.07, 6.45) is 9.36. The smallest absolute Gasteiger partial charge is 0.230 e. The standard InChI is InChI=1S/C22H29N5OS/c1-3-27-14-18(17-12-8-9-13-19(17)27)21-24-25-22(26(21)2)29-15-20(28)23-16-10-6-4-5-7-11-16/h8-9,12-14,16H,3-7,10-11,15H2,1-2H3,(H,23,28). The third-order valence-corrected chi connectivity index (χ3v) is 6.78. The number of hydrogen-bond donors (Lipinski definition) is 1. The Labute approximate surface area is 176 Å². The van der Waals surface area contributed by atoms with Crippen LogP contribution in [-0.2, 0) is 18.4 Å². The number of para-hydroxylation sites is 1. The molecule has 1 aliphatic carbocycles. The summed E-state index contributed by atoms with van der Waals surface area (Å²) in [5.74, 6) is 1.30. The van der Waals surface area contributed by atoms with Gasteiger partial charge in [-0.25, -0.2) is 0 Å². The first-order valence-electron chi connectivity index (χ1n) is 10.6. The number of amides is 1. The van der Waals surface area contributed by atoms with Crippen molar-refractivity contribution in [3.63, 3.8) is 0 Å². The molecule has 0 radical (unpaired) electrons. The third-order valence-electron chi connectivity index (χ3n) is 5.76. The summed E-state index contributed by atoms with van der Waals surface area (Å²) in [6, 6.07) is 8.70. The molecular formula is C22H29N5OS. The molecule has 3 aromatic rings. The van der Waals surface area contributed by atoms with E-state index in [1.165, 1.54) is 48.3 Å². The molecule has 0 atom stereocenters. The minimum atomic E-state index is 0.0917. The summed E-state index contributed by atoms with van der Waals surface area (Å²) in [5, 5.41) is 13.9. The predicted molar refractivity (Wildman–Crippen MR) is 118 cm³/mol. The largest absolute Gasteiger partial charge is 0.353 e. The van der Waals surface area contributed by atoms with Crippen LogP contribution in [0.4, 0.5) is 0 Å². The molecule has 1 aromatic carbocycles. The van der Waals surface area contributed by atoms with Crippen LogP contribution in [-0.4, -0.2) is 37.0 Å². The second-order valence-electron chi connectivity index (χ2n) is 7.76. The number of aromatic nitrogens is 4. The van der Waals surface area contributed by atoms with Gasteiger partial charge in [0.1, 0.15) is 0 Å². The zero-order chi connectivity index (χ0) is 20.2. The number of benzene rings is 1. The fourth-order valence-electron chi connectivity index (χ4n) is 4.18. The third kappa shape index (κ3) is 4.34. The van der Waals surface area contributed by atoms with Gasteiger partial charge < -0.3 is 14.5 Å². The Hall–Kier alpha value is -2.28. The van der Waals surface area contributed by atoms with E-state index >= 15 is 0 Å². The summed E-state index contributed by atoms with van der Waals surface area (Å²) < 4.78 is 4.22. The van der Waals surface area contributed by atoms with Crippen LogP contribution in [0.25, 0.3) is 22.3 Å². The van der Waals surface area contributed by atoms with Gasteiger partial charge in [0, 0.05) is 42.3 Å². The van der Waals surface area contributed by atoms with Crippen LogP contribution in [0.1, 0.15) is 45.4 Å². The quantitative estimate of drug-likeness (QED) is 0.483. The highest BCUT2D eigenvalue weighted by Gasteiger charge is 2.19. The van der Waals surface area contributed by atoms with Crippen molar-refractivity contribution in [1.29, 1.82) is 0 Å². The second-order valence-corrected chi connectivity index (χ2v) is 8.70. The lowest BCUT2D eigenvalue weighted by Gasteiger charge is -2.15. The van der Waals surface area contributed by atoms with Gasteiger partial charge in [-0.3, -0.25) is 4.79 Å². The number of hydrogen-bond acceptors (Lipinski definition) is 4.